The number of aryl methyl sites for hydroxylation is 1. The van der Waals surface area contributed by atoms with Gasteiger partial charge in [-0.05, 0) is 30.7 Å². The second-order valence-electron chi connectivity index (χ2n) is 4.91. The number of aromatic hydroxyl groups is 1. The Morgan fingerprint density at radius 1 is 1.38 bits per heavy atom. The molecule has 0 spiro atoms. The minimum Gasteiger partial charge on any atom is -0.504 e. The topological polar surface area (TPSA) is 137 Å². The van der Waals surface area contributed by atoms with Crippen molar-refractivity contribution in [3.63, 3.8) is 0 Å². The average Bonchev–Trinajstić information content (AvgIpc) is 2.51. The van der Waals surface area contributed by atoms with Crippen LogP contribution in [0.1, 0.15) is 16.8 Å². The van der Waals surface area contributed by atoms with Crippen LogP contribution in [-0.2, 0) is 11.2 Å². The number of amides is 1. The Hall–Kier alpha value is -3.36. The SMILES string of the molecule is COc1ccc(/C=N\NC(=O)Cc2c(C)[nH]c(=O)[nH]c2=O)cc1O. The van der Waals surface area contributed by atoms with Crippen molar-refractivity contribution in [3.05, 3.63) is 55.9 Å². The first kappa shape index (κ1) is 17.0. The van der Waals surface area contributed by atoms with Crippen molar-refractivity contribution in [3.8, 4) is 11.5 Å². The number of hydrazone groups is 1. The number of nitrogens with one attached hydrogen (secondary N) is 3. The molecule has 9 nitrogen and oxygen atoms in total. The minimum atomic E-state index is -0.626. The van der Waals surface area contributed by atoms with E-state index in [0.717, 1.165) is 0 Å². The number of methoxy groups -OCH3 is 1. The summed E-state index contributed by atoms with van der Waals surface area (Å²) in [5.74, 6) is -0.253. The van der Waals surface area contributed by atoms with Gasteiger partial charge in [0.2, 0.25) is 5.91 Å². The molecule has 24 heavy (non-hydrogen) atoms. The van der Waals surface area contributed by atoms with Crippen LogP contribution in [-0.4, -0.2) is 34.3 Å². The van der Waals surface area contributed by atoms with Crippen molar-refractivity contribution in [1.82, 2.24) is 15.4 Å². The number of aromatic nitrogens is 2. The first-order chi connectivity index (χ1) is 11.4. The molecule has 0 saturated carbocycles. The predicted octanol–water partition coefficient (Wildman–Crippen LogP) is -0.221. The van der Waals surface area contributed by atoms with Gasteiger partial charge in [0.25, 0.3) is 5.56 Å². The van der Waals surface area contributed by atoms with Gasteiger partial charge in [-0.25, -0.2) is 10.2 Å². The quantitative estimate of drug-likeness (QED) is 0.443. The number of rotatable bonds is 5. The Morgan fingerprint density at radius 3 is 2.75 bits per heavy atom. The van der Waals surface area contributed by atoms with E-state index in [9.17, 15) is 19.5 Å². The number of carbonyl (C=O) groups is 1. The summed E-state index contributed by atoms with van der Waals surface area (Å²) in [5.41, 5.74) is 2.06. The summed E-state index contributed by atoms with van der Waals surface area (Å²) in [6.45, 7) is 1.53. The fourth-order valence-corrected chi connectivity index (χ4v) is 2.00. The van der Waals surface area contributed by atoms with E-state index >= 15 is 0 Å². The predicted molar refractivity (Wildman–Crippen MR) is 86.5 cm³/mol. The van der Waals surface area contributed by atoms with Crippen molar-refractivity contribution < 1.29 is 14.6 Å². The van der Waals surface area contributed by atoms with Gasteiger partial charge in [0.1, 0.15) is 0 Å². The van der Waals surface area contributed by atoms with E-state index < -0.39 is 17.2 Å². The number of aromatic amines is 2. The second kappa shape index (κ2) is 7.27. The van der Waals surface area contributed by atoms with Crippen LogP contribution < -0.4 is 21.4 Å². The lowest BCUT2D eigenvalue weighted by Gasteiger charge is -2.04. The van der Waals surface area contributed by atoms with E-state index in [-0.39, 0.29) is 17.7 Å². The van der Waals surface area contributed by atoms with Gasteiger partial charge in [-0.2, -0.15) is 5.10 Å². The molecule has 1 aromatic carbocycles. The van der Waals surface area contributed by atoms with Crippen molar-refractivity contribution in [2.45, 2.75) is 13.3 Å². The number of phenolic OH excluding ortho intramolecular Hbond substituents is 1. The molecule has 4 N–H and O–H groups in total. The van der Waals surface area contributed by atoms with Crippen LogP contribution in [0, 0.1) is 6.92 Å². The summed E-state index contributed by atoms with van der Waals surface area (Å²) < 4.78 is 4.92. The zero-order valence-corrected chi connectivity index (χ0v) is 13.0. The van der Waals surface area contributed by atoms with Crippen molar-refractivity contribution >= 4 is 12.1 Å². The summed E-state index contributed by atoms with van der Waals surface area (Å²) in [7, 11) is 1.43. The Balaban J connectivity index is 2.02. The van der Waals surface area contributed by atoms with Crippen LogP contribution in [0.5, 0.6) is 11.5 Å². The molecule has 0 saturated heterocycles. The minimum absolute atomic E-state index is 0.0526. The number of carbonyl (C=O) groups excluding carboxylic acids is 1. The highest BCUT2D eigenvalue weighted by molar-refractivity contribution is 5.84. The summed E-state index contributed by atoms with van der Waals surface area (Å²) in [6.07, 6.45) is 1.10. The van der Waals surface area contributed by atoms with Crippen LogP contribution in [0.4, 0.5) is 0 Å². The van der Waals surface area contributed by atoms with E-state index in [1.165, 1.54) is 26.3 Å². The van der Waals surface area contributed by atoms with E-state index in [2.05, 4.69) is 20.5 Å². The summed E-state index contributed by atoms with van der Waals surface area (Å²) in [6, 6.07) is 4.62. The van der Waals surface area contributed by atoms with E-state index in [0.29, 0.717) is 17.0 Å². The fraction of sp³-hybridized carbons (Fsp3) is 0.200. The monoisotopic (exact) mass is 332 g/mol. The lowest BCUT2D eigenvalue weighted by Crippen LogP contribution is -2.30. The van der Waals surface area contributed by atoms with Gasteiger partial charge in [-0.1, -0.05) is 0 Å². The number of hydrogen-bond donors (Lipinski definition) is 4. The molecule has 0 aliphatic carbocycles. The maximum atomic E-state index is 11.8. The summed E-state index contributed by atoms with van der Waals surface area (Å²) in [5, 5.41) is 13.4. The standard InChI is InChI=1S/C15H16N4O5/c1-8-10(14(22)18-15(23)17-8)6-13(21)19-16-7-9-3-4-12(24-2)11(20)5-9/h3-5,7,20H,6H2,1-2H3,(H,19,21)(H2,17,18,22,23)/b16-7-. The molecule has 9 heteroatoms. The highest BCUT2D eigenvalue weighted by Gasteiger charge is 2.10. The Labute approximate surface area is 136 Å². The molecule has 0 unspecified atom stereocenters. The molecule has 1 aromatic heterocycles. The highest BCUT2D eigenvalue weighted by atomic mass is 16.5. The van der Waals surface area contributed by atoms with Crippen LogP contribution in [0.15, 0.2) is 32.9 Å². The molecular weight excluding hydrogens is 316 g/mol. The molecule has 0 aliphatic heterocycles. The molecule has 0 radical (unpaired) electrons. The Morgan fingerprint density at radius 2 is 2.12 bits per heavy atom. The Bertz CT molecular complexity index is 897. The molecule has 0 fully saturated rings. The van der Waals surface area contributed by atoms with E-state index in [1.807, 2.05) is 0 Å². The third-order valence-electron chi connectivity index (χ3n) is 3.20. The summed E-state index contributed by atoms with van der Waals surface area (Å²) >= 11 is 0. The number of H-pyrrole nitrogens is 2. The molecule has 126 valence electrons. The zero-order chi connectivity index (χ0) is 17.7. The second-order valence-corrected chi connectivity index (χ2v) is 4.91. The van der Waals surface area contributed by atoms with Gasteiger partial charge in [0.15, 0.2) is 11.5 Å². The number of phenols is 1. The van der Waals surface area contributed by atoms with Crippen molar-refractivity contribution in [2.75, 3.05) is 7.11 Å². The van der Waals surface area contributed by atoms with Gasteiger partial charge in [0, 0.05) is 11.3 Å². The average molecular weight is 332 g/mol. The first-order valence-electron chi connectivity index (χ1n) is 6.91. The number of ether oxygens (including phenoxy) is 1. The van der Waals surface area contributed by atoms with Gasteiger partial charge >= 0.3 is 5.69 Å². The third-order valence-corrected chi connectivity index (χ3v) is 3.20. The van der Waals surface area contributed by atoms with Gasteiger partial charge in [-0.3, -0.25) is 14.6 Å². The lowest BCUT2D eigenvalue weighted by molar-refractivity contribution is -0.120. The maximum Gasteiger partial charge on any atom is 0.325 e. The van der Waals surface area contributed by atoms with Crippen LogP contribution in [0.3, 0.4) is 0 Å². The molecule has 1 amide bonds. The molecule has 0 bridgehead atoms. The van der Waals surface area contributed by atoms with Crippen LogP contribution in [0.2, 0.25) is 0 Å². The van der Waals surface area contributed by atoms with Gasteiger partial charge in [-0.15, -0.1) is 0 Å². The maximum absolute atomic E-state index is 11.8. The van der Waals surface area contributed by atoms with Gasteiger partial charge < -0.3 is 14.8 Å². The molecule has 0 atom stereocenters. The van der Waals surface area contributed by atoms with E-state index in [4.69, 9.17) is 4.74 Å². The van der Waals surface area contributed by atoms with E-state index in [1.54, 1.807) is 12.1 Å². The van der Waals surface area contributed by atoms with Gasteiger partial charge in [0.05, 0.1) is 19.7 Å². The van der Waals surface area contributed by atoms with Crippen molar-refractivity contribution in [1.29, 1.82) is 0 Å². The number of hydrogen-bond acceptors (Lipinski definition) is 6. The molecule has 2 aromatic rings. The van der Waals surface area contributed by atoms with Crippen LogP contribution in [0.25, 0.3) is 0 Å². The number of benzene rings is 1. The lowest BCUT2D eigenvalue weighted by atomic mass is 10.1. The molecular formula is C15H16N4O5. The normalized spacial score (nSPS) is 10.8. The summed E-state index contributed by atoms with van der Waals surface area (Å²) in [4.78, 5) is 39.0. The zero-order valence-electron chi connectivity index (χ0n) is 13.0. The molecule has 0 aliphatic rings. The molecule has 2 rings (SSSR count). The largest absolute Gasteiger partial charge is 0.504 e. The Kier molecular flexibility index (Phi) is 5.15. The molecule has 1 heterocycles. The first-order valence-corrected chi connectivity index (χ1v) is 6.91. The number of nitrogens with zero attached hydrogens (tertiary/aromatic N) is 1. The highest BCUT2D eigenvalue weighted by Crippen LogP contribution is 2.25. The van der Waals surface area contributed by atoms with Crippen LogP contribution >= 0.6 is 0 Å². The fourth-order valence-electron chi connectivity index (χ4n) is 2.00. The smallest absolute Gasteiger partial charge is 0.325 e. The third kappa shape index (κ3) is 4.09. The van der Waals surface area contributed by atoms with Crippen molar-refractivity contribution in [2.24, 2.45) is 5.10 Å².